The lowest BCUT2D eigenvalue weighted by Crippen LogP contribution is -2.23. The highest BCUT2D eigenvalue weighted by molar-refractivity contribution is 5.87. The van der Waals surface area contributed by atoms with Crippen LogP contribution in [0.4, 0.5) is 21.9 Å². The number of amides is 1. The van der Waals surface area contributed by atoms with E-state index < -0.39 is 6.09 Å². The number of aryl methyl sites for hydroxylation is 3. The fourth-order valence-electron chi connectivity index (χ4n) is 6.08. The molecule has 4 aromatic carbocycles. The van der Waals surface area contributed by atoms with Crippen molar-refractivity contribution < 1.29 is 24.5 Å². The molecule has 8 nitrogen and oxygen atoms in total. The van der Waals surface area contributed by atoms with Crippen LogP contribution in [0.15, 0.2) is 84.9 Å². The van der Waals surface area contributed by atoms with Crippen molar-refractivity contribution in [1.29, 1.82) is 0 Å². The molecule has 0 spiro atoms. The van der Waals surface area contributed by atoms with Gasteiger partial charge in [0, 0.05) is 42.7 Å². The zero-order valence-corrected chi connectivity index (χ0v) is 25.4. The molecule has 7 N–H and O–H groups in total. The van der Waals surface area contributed by atoms with Gasteiger partial charge in [0.25, 0.3) is 0 Å². The summed E-state index contributed by atoms with van der Waals surface area (Å²) in [5, 5.41) is 22.0. The zero-order valence-electron chi connectivity index (χ0n) is 25.4. The third kappa shape index (κ3) is 8.50. The van der Waals surface area contributed by atoms with Crippen LogP contribution in [0.1, 0.15) is 52.6 Å². The minimum atomic E-state index is -0.519. The first kappa shape index (κ1) is 31.8. The Hall–Kier alpha value is -4.66. The molecule has 2 atom stereocenters. The fourth-order valence-corrected chi connectivity index (χ4v) is 6.08. The number of carbonyl (C=O) groups is 2. The highest BCUT2D eigenvalue weighted by Gasteiger charge is 2.21. The van der Waals surface area contributed by atoms with E-state index in [1.54, 1.807) is 12.1 Å². The number of nitrogens with two attached hydrogens (primary N) is 2. The number of carbonyl (C=O) groups excluding carboxylic acids is 2. The van der Waals surface area contributed by atoms with E-state index in [1.807, 2.05) is 60.7 Å². The van der Waals surface area contributed by atoms with Gasteiger partial charge in [-0.2, -0.15) is 0 Å². The Balaban J connectivity index is 0.000000143. The Morgan fingerprint density at radius 3 is 1.89 bits per heavy atom. The Morgan fingerprint density at radius 2 is 1.22 bits per heavy atom. The van der Waals surface area contributed by atoms with E-state index >= 15 is 0 Å². The predicted molar refractivity (Wildman–Crippen MR) is 177 cm³/mol. The number of aliphatic hydroxyl groups excluding tert-OH is 2. The van der Waals surface area contributed by atoms with Gasteiger partial charge in [0.2, 0.25) is 0 Å². The van der Waals surface area contributed by atoms with Gasteiger partial charge in [-0.25, -0.2) is 4.79 Å². The first-order valence-electron chi connectivity index (χ1n) is 15.5. The van der Waals surface area contributed by atoms with Crippen molar-refractivity contribution in [2.75, 3.05) is 16.8 Å². The molecule has 45 heavy (non-hydrogen) atoms. The summed E-state index contributed by atoms with van der Waals surface area (Å²) in [4.78, 5) is 23.1. The summed E-state index contributed by atoms with van der Waals surface area (Å²) >= 11 is 0. The molecule has 4 aromatic rings. The minimum Gasteiger partial charge on any atom is -0.410 e. The van der Waals surface area contributed by atoms with E-state index in [0.29, 0.717) is 36.5 Å². The number of nitrogen functional groups attached to an aromatic ring is 2. The maximum absolute atomic E-state index is 12.0. The SMILES string of the molecule is Nc1cccc2c1CC(=O)CC2.Nc1cccc2c1CC(O)CC2.O=C(Nc1cccc2c1CC(O)CC2)Oc1ccccc1. The van der Waals surface area contributed by atoms with E-state index in [0.717, 1.165) is 66.6 Å². The summed E-state index contributed by atoms with van der Waals surface area (Å²) < 4.78 is 5.22. The molecule has 0 heterocycles. The number of rotatable bonds is 2. The van der Waals surface area contributed by atoms with E-state index in [1.165, 1.54) is 16.7 Å². The summed E-state index contributed by atoms with van der Waals surface area (Å²) in [6.45, 7) is 0. The number of hydrogen-bond donors (Lipinski definition) is 5. The molecule has 0 aliphatic heterocycles. The van der Waals surface area contributed by atoms with Crippen LogP contribution >= 0.6 is 0 Å². The number of aliphatic hydroxyl groups is 2. The van der Waals surface area contributed by atoms with Crippen molar-refractivity contribution in [3.8, 4) is 5.75 Å². The van der Waals surface area contributed by atoms with Crippen LogP contribution in [0.5, 0.6) is 5.75 Å². The number of hydrogen-bond acceptors (Lipinski definition) is 7. The summed E-state index contributed by atoms with van der Waals surface area (Å²) in [7, 11) is 0. The molecule has 3 aliphatic rings. The highest BCUT2D eigenvalue weighted by atomic mass is 16.6. The largest absolute Gasteiger partial charge is 0.417 e. The lowest BCUT2D eigenvalue weighted by Gasteiger charge is -2.23. The number of Topliss-reactive ketones (excluding diaryl/α,β-unsaturated/α-hetero) is 1. The lowest BCUT2D eigenvalue weighted by molar-refractivity contribution is -0.118. The molecule has 0 bridgehead atoms. The molecule has 0 saturated heterocycles. The molecule has 0 fully saturated rings. The predicted octanol–water partition coefficient (Wildman–Crippen LogP) is 5.59. The van der Waals surface area contributed by atoms with Gasteiger partial charge in [-0.15, -0.1) is 0 Å². The number of nitrogens with one attached hydrogen (secondary N) is 1. The van der Waals surface area contributed by atoms with Crippen LogP contribution in [0, 0.1) is 0 Å². The van der Waals surface area contributed by atoms with Crippen molar-refractivity contribution in [3.05, 3.63) is 118 Å². The van der Waals surface area contributed by atoms with Crippen molar-refractivity contribution in [2.24, 2.45) is 0 Å². The minimum absolute atomic E-state index is 0.192. The summed E-state index contributed by atoms with van der Waals surface area (Å²) in [6.07, 6.45) is 5.74. The highest BCUT2D eigenvalue weighted by Crippen LogP contribution is 2.29. The van der Waals surface area contributed by atoms with Gasteiger partial charge in [0.1, 0.15) is 11.5 Å². The second kappa shape index (κ2) is 14.9. The second-order valence-electron chi connectivity index (χ2n) is 11.7. The first-order chi connectivity index (χ1) is 21.8. The van der Waals surface area contributed by atoms with Crippen LogP contribution in [-0.2, 0) is 43.3 Å². The molecule has 1 amide bonds. The lowest BCUT2D eigenvalue weighted by atomic mass is 9.88. The summed E-state index contributed by atoms with van der Waals surface area (Å²) in [6, 6.07) is 26.5. The number of ketones is 1. The van der Waals surface area contributed by atoms with E-state index in [-0.39, 0.29) is 12.2 Å². The quantitative estimate of drug-likeness (QED) is 0.187. The molecular formula is C37H41N3O5. The van der Waals surface area contributed by atoms with Gasteiger partial charge in [0.15, 0.2) is 0 Å². The Kier molecular flexibility index (Phi) is 10.5. The van der Waals surface area contributed by atoms with Crippen molar-refractivity contribution in [1.82, 2.24) is 0 Å². The Labute approximate surface area is 264 Å². The van der Waals surface area contributed by atoms with Crippen molar-refractivity contribution >= 4 is 28.9 Å². The molecule has 0 saturated carbocycles. The van der Waals surface area contributed by atoms with E-state index in [4.69, 9.17) is 16.2 Å². The van der Waals surface area contributed by atoms with Crippen LogP contribution in [0.2, 0.25) is 0 Å². The summed E-state index contributed by atoms with van der Waals surface area (Å²) in [5.41, 5.74) is 20.8. The third-order valence-corrected chi connectivity index (χ3v) is 8.50. The standard InChI is InChI=1S/C17H17NO3.C10H13NO.C10H11NO/c19-13-10-9-12-5-4-8-16(15(12)11-13)18-17(20)21-14-6-2-1-3-7-14;2*11-10-3-1-2-7-4-5-8(12)6-9(7)10/h1-8,13,19H,9-11H2,(H,18,20);1-3,8,12H,4-6,11H2;1-3H,4-6,11H2. The maximum Gasteiger partial charge on any atom is 0.417 e. The monoisotopic (exact) mass is 607 g/mol. The number of ether oxygens (including phenoxy) is 1. The summed E-state index contributed by atoms with van der Waals surface area (Å²) in [5.74, 6) is 0.806. The molecule has 2 unspecified atom stereocenters. The van der Waals surface area contributed by atoms with Crippen LogP contribution in [-0.4, -0.2) is 34.3 Å². The molecular weight excluding hydrogens is 566 g/mol. The van der Waals surface area contributed by atoms with Gasteiger partial charge < -0.3 is 26.4 Å². The van der Waals surface area contributed by atoms with Gasteiger partial charge in [0.05, 0.1) is 12.2 Å². The van der Waals surface area contributed by atoms with Crippen molar-refractivity contribution in [3.63, 3.8) is 0 Å². The van der Waals surface area contributed by atoms with Crippen molar-refractivity contribution in [2.45, 2.75) is 70.0 Å². The number of benzene rings is 4. The number of para-hydroxylation sites is 1. The van der Waals surface area contributed by atoms with Crippen LogP contribution < -0.4 is 21.5 Å². The topological polar surface area (TPSA) is 148 Å². The molecule has 8 heteroatoms. The van der Waals surface area contributed by atoms with Gasteiger partial charge in [-0.05, 0) is 95.8 Å². The second-order valence-corrected chi connectivity index (χ2v) is 11.7. The Morgan fingerprint density at radius 1 is 0.667 bits per heavy atom. The molecule has 0 radical (unpaired) electrons. The van der Waals surface area contributed by atoms with E-state index in [9.17, 15) is 19.8 Å². The van der Waals surface area contributed by atoms with Gasteiger partial charge in [-0.3, -0.25) is 10.1 Å². The van der Waals surface area contributed by atoms with E-state index in [2.05, 4.69) is 17.4 Å². The molecule has 0 aromatic heterocycles. The fraction of sp³-hybridized carbons (Fsp3) is 0.297. The maximum atomic E-state index is 12.0. The van der Waals surface area contributed by atoms with Crippen LogP contribution in [0.25, 0.3) is 0 Å². The zero-order chi connectivity index (χ0) is 31.8. The van der Waals surface area contributed by atoms with Gasteiger partial charge >= 0.3 is 6.09 Å². The Bertz CT molecular complexity index is 1640. The smallest absolute Gasteiger partial charge is 0.410 e. The molecule has 3 aliphatic carbocycles. The van der Waals surface area contributed by atoms with Gasteiger partial charge in [-0.1, -0.05) is 54.6 Å². The third-order valence-electron chi connectivity index (χ3n) is 8.50. The molecule has 7 rings (SSSR count). The van der Waals surface area contributed by atoms with Crippen LogP contribution in [0.3, 0.4) is 0 Å². The average Bonchev–Trinajstić information content (AvgIpc) is 3.03. The number of anilines is 3. The average molecular weight is 608 g/mol. The number of fused-ring (bicyclic) bond motifs is 3. The molecule has 234 valence electrons. The first-order valence-corrected chi connectivity index (χ1v) is 15.5. The normalized spacial score (nSPS) is 18.0.